The fraction of sp³-hybridized carbons (Fsp3) is 0.364. The van der Waals surface area contributed by atoms with E-state index in [4.69, 9.17) is 0 Å². The van der Waals surface area contributed by atoms with Crippen molar-refractivity contribution in [2.75, 3.05) is 13.1 Å². The van der Waals surface area contributed by atoms with E-state index in [2.05, 4.69) is 21.2 Å². The smallest absolute Gasteiger partial charge is 0.271 e. The van der Waals surface area contributed by atoms with Gasteiger partial charge in [0.25, 0.3) is 5.91 Å². The minimum absolute atomic E-state index is 0.0862. The lowest BCUT2D eigenvalue weighted by Crippen LogP contribution is -2.53. The first-order valence-corrected chi connectivity index (χ1v) is 6.28. The molecule has 0 atom stereocenters. The molecule has 1 aliphatic heterocycles. The van der Waals surface area contributed by atoms with Crippen molar-refractivity contribution in [2.24, 2.45) is 0 Å². The average molecular weight is 314 g/mol. The van der Waals surface area contributed by atoms with Crippen molar-refractivity contribution in [1.82, 2.24) is 14.8 Å². The highest BCUT2D eigenvalue weighted by atomic mass is 79.9. The lowest BCUT2D eigenvalue weighted by atomic mass is 10.3. The predicted octanol–water partition coefficient (Wildman–Crippen LogP) is 0.369. The number of carbonyl (C=O) groups is 3. The maximum absolute atomic E-state index is 12.2. The Labute approximate surface area is 112 Å². The van der Waals surface area contributed by atoms with Crippen molar-refractivity contribution in [3.63, 3.8) is 0 Å². The van der Waals surface area contributed by atoms with Crippen molar-refractivity contribution in [3.05, 3.63) is 22.4 Å². The van der Waals surface area contributed by atoms with E-state index >= 15 is 0 Å². The summed E-state index contributed by atoms with van der Waals surface area (Å²) in [6, 6.07) is 1.68. The van der Waals surface area contributed by atoms with Gasteiger partial charge < -0.3 is 9.47 Å². The summed E-state index contributed by atoms with van der Waals surface area (Å²) in [6.45, 7) is 2.38. The fourth-order valence-electron chi connectivity index (χ4n) is 1.86. The van der Waals surface area contributed by atoms with Gasteiger partial charge in [-0.05, 0) is 28.9 Å². The molecule has 3 amide bonds. The van der Waals surface area contributed by atoms with Gasteiger partial charge in [0.2, 0.25) is 11.8 Å². The highest BCUT2D eigenvalue weighted by Gasteiger charge is 2.28. The van der Waals surface area contributed by atoms with Gasteiger partial charge in [-0.15, -0.1) is 0 Å². The third-order valence-electron chi connectivity index (χ3n) is 2.66. The van der Waals surface area contributed by atoms with Crippen molar-refractivity contribution in [1.29, 1.82) is 0 Å². The van der Waals surface area contributed by atoms with E-state index in [1.807, 2.05) is 6.92 Å². The van der Waals surface area contributed by atoms with Crippen LogP contribution in [0.3, 0.4) is 0 Å². The van der Waals surface area contributed by atoms with Crippen molar-refractivity contribution >= 4 is 33.7 Å². The Morgan fingerprint density at radius 3 is 2.56 bits per heavy atom. The summed E-state index contributed by atoms with van der Waals surface area (Å²) in [5, 5.41) is 2.16. The molecule has 1 saturated heterocycles. The molecule has 6 nitrogen and oxygen atoms in total. The molecule has 7 heteroatoms. The number of nitrogens with one attached hydrogen (secondary N) is 1. The Bertz CT molecular complexity index is 508. The molecule has 2 heterocycles. The van der Waals surface area contributed by atoms with Crippen LogP contribution < -0.4 is 5.32 Å². The molecule has 1 aromatic heterocycles. The van der Waals surface area contributed by atoms with Gasteiger partial charge in [-0.1, -0.05) is 0 Å². The standard InChI is InChI=1S/C11H12BrN3O3/c1-2-14-4-7(12)3-8(14)11(18)15-5-9(16)13-10(17)6-15/h3-4H,2,5-6H2,1H3,(H,13,16,17). The number of halogens is 1. The lowest BCUT2D eigenvalue weighted by molar-refractivity contribution is -0.135. The molecule has 0 spiro atoms. The second-order valence-corrected chi connectivity index (χ2v) is 4.88. The minimum atomic E-state index is -0.451. The second kappa shape index (κ2) is 4.93. The van der Waals surface area contributed by atoms with E-state index in [1.165, 1.54) is 4.90 Å². The van der Waals surface area contributed by atoms with E-state index in [1.54, 1.807) is 16.8 Å². The average Bonchev–Trinajstić information content (AvgIpc) is 2.68. The first-order valence-electron chi connectivity index (χ1n) is 5.49. The zero-order valence-electron chi connectivity index (χ0n) is 9.77. The molecular formula is C11H12BrN3O3. The van der Waals surface area contributed by atoms with Gasteiger partial charge in [-0.3, -0.25) is 19.7 Å². The maximum atomic E-state index is 12.2. The Morgan fingerprint density at radius 1 is 1.39 bits per heavy atom. The lowest BCUT2D eigenvalue weighted by Gasteiger charge is -2.25. The van der Waals surface area contributed by atoms with Gasteiger partial charge in [-0.25, -0.2) is 0 Å². The van der Waals surface area contributed by atoms with E-state index in [0.717, 1.165) is 4.47 Å². The topological polar surface area (TPSA) is 71.4 Å². The number of rotatable bonds is 2. The van der Waals surface area contributed by atoms with Gasteiger partial charge in [0.15, 0.2) is 0 Å². The number of piperazine rings is 1. The van der Waals surface area contributed by atoms with E-state index in [0.29, 0.717) is 12.2 Å². The van der Waals surface area contributed by atoms with Crippen molar-refractivity contribution < 1.29 is 14.4 Å². The van der Waals surface area contributed by atoms with Crippen LogP contribution in [-0.4, -0.2) is 40.3 Å². The minimum Gasteiger partial charge on any atom is -0.343 e. The molecule has 1 N–H and O–H groups in total. The van der Waals surface area contributed by atoms with Gasteiger partial charge in [-0.2, -0.15) is 0 Å². The van der Waals surface area contributed by atoms with Crippen LogP contribution in [0.15, 0.2) is 16.7 Å². The summed E-state index contributed by atoms with van der Waals surface area (Å²) in [7, 11) is 0. The molecule has 2 rings (SSSR count). The number of hydrogen-bond acceptors (Lipinski definition) is 3. The number of aromatic nitrogens is 1. The maximum Gasteiger partial charge on any atom is 0.271 e. The molecule has 1 aliphatic rings. The predicted molar refractivity (Wildman–Crippen MR) is 66.9 cm³/mol. The van der Waals surface area contributed by atoms with Gasteiger partial charge in [0.1, 0.15) is 18.8 Å². The highest BCUT2D eigenvalue weighted by Crippen LogP contribution is 2.17. The number of nitrogens with zero attached hydrogens (tertiary/aromatic N) is 2. The van der Waals surface area contributed by atoms with E-state index in [-0.39, 0.29) is 19.0 Å². The van der Waals surface area contributed by atoms with Crippen molar-refractivity contribution in [2.45, 2.75) is 13.5 Å². The van der Waals surface area contributed by atoms with Crippen LogP contribution in [0.1, 0.15) is 17.4 Å². The first kappa shape index (κ1) is 12.8. The molecule has 0 aromatic carbocycles. The SMILES string of the molecule is CCn1cc(Br)cc1C(=O)N1CC(=O)NC(=O)C1. The molecule has 0 bridgehead atoms. The van der Waals surface area contributed by atoms with Crippen LogP contribution >= 0.6 is 15.9 Å². The zero-order valence-corrected chi connectivity index (χ0v) is 11.4. The second-order valence-electron chi connectivity index (χ2n) is 3.96. The molecule has 0 aliphatic carbocycles. The normalized spacial score (nSPS) is 15.8. The summed E-state index contributed by atoms with van der Waals surface area (Å²) >= 11 is 3.30. The zero-order chi connectivity index (χ0) is 13.3. The molecule has 1 aromatic rings. The van der Waals surface area contributed by atoms with Crippen LogP contribution in [0.5, 0.6) is 0 Å². The van der Waals surface area contributed by atoms with Crippen LogP contribution in [0.2, 0.25) is 0 Å². The fourth-order valence-corrected chi connectivity index (χ4v) is 2.32. The number of carbonyl (C=O) groups excluding carboxylic acids is 3. The number of amides is 3. The van der Waals surface area contributed by atoms with Gasteiger partial charge in [0, 0.05) is 17.2 Å². The van der Waals surface area contributed by atoms with Crippen molar-refractivity contribution in [3.8, 4) is 0 Å². The molecule has 96 valence electrons. The third-order valence-corrected chi connectivity index (χ3v) is 3.09. The Morgan fingerprint density at radius 2 is 2.00 bits per heavy atom. The summed E-state index contributed by atoms with van der Waals surface area (Å²) in [5.41, 5.74) is 0.465. The third kappa shape index (κ3) is 2.45. The number of imide groups is 1. The highest BCUT2D eigenvalue weighted by molar-refractivity contribution is 9.10. The summed E-state index contributed by atoms with van der Waals surface area (Å²) < 4.78 is 2.56. The summed E-state index contributed by atoms with van der Waals surface area (Å²) in [6.07, 6.45) is 1.79. The Kier molecular flexibility index (Phi) is 3.51. The van der Waals surface area contributed by atoms with Crippen LogP contribution in [0, 0.1) is 0 Å². The van der Waals surface area contributed by atoms with E-state index < -0.39 is 11.8 Å². The van der Waals surface area contributed by atoms with E-state index in [9.17, 15) is 14.4 Å². The Balaban J connectivity index is 2.25. The van der Waals surface area contributed by atoms with Crippen LogP contribution in [0.25, 0.3) is 0 Å². The Hall–Kier alpha value is -1.63. The largest absolute Gasteiger partial charge is 0.343 e. The number of aryl methyl sites for hydroxylation is 1. The van der Waals surface area contributed by atoms with Gasteiger partial charge in [0.05, 0.1) is 0 Å². The van der Waals surface area contributed by atoms with Gasteiger partial charge >= 0.3 is 0 Å². The molecular weight excluding hydrogens is 302 g/mol. The molecule has 1 fully saturated rings. The molecule has 0 unspecified atom stereocenters. The van der Waals surface area contributed by atoms with Crippen LogP contribution in [0.4, 0.5) is 0 Å². The molecule has 18 heavy (non-hydrogen) atoms. The van der Waals surface area contributed by atoms with Crippen LogP contribution in [-0.2, 0) is 16.1 Å². The summed E-state index contributed by atoms with van der Waals surface area (Å²) in [4.78, 5) is 36.0. The quantitative estimate of drug-likeness (QED) is 0.802. The summed E-state index contributed by atoms with van der Waals surface area (Å²) in [5.74, 6) is -1.22. The molecule has 0 radical (unpaired) electrons. The first-order chi connectivity index (χ1) is 8.51. The number of hydrogen-bond donors (Lipinski definition) is 1. The molecule has 0 saturated carbocycles. The monoisotopic (exact) mass is 313 g/mol.